The Morgan fingerprint density at radius 3 is 2.85 bits per heavy atom. The summed E-state index contributed by atoms with van der Waals surface area (Å²) in [5, 5.41) is 3.20. The number of rotatable bonds is 6. The van der Waals surface area contributed by atoms with E-state index < -0.39 is 9.84 Å². The van der Waals surface area contributed by atoms with Crippen LogP contribution in [0.15, 0.2) is 39.8 Å². The summed E-state index contributed by atoms with van der Waals surface area (Å²) in [6, 6.07) is 6.68. The van der Waals surface area contributed by atoms with Crippen molar-refractivity contribution in [1.82, 2.24) is 10.3 Å². The number of likely N-dealkylation sites (N-methyl/N-ethyl adjacent to an activating group) is 1. The fourth-order valence-electron chi connectivity index (χ4n) is 1.81. The Labute approximate surface area is 119 Å². The number of hydrogen-bond donors (Lipinski definition) is 1. The van der Waals surface area contributed by atoms with Gasteiger partial charge in [-0.2, -0.15) is 0 Å². The molecule has 5 nitrogen and oxygen atoms in total. The monoisotopic (exact) mass is 294 g/mol. The minimum absolute atomic E-state index is 0.278. The molecule has 0 radical (unpaired) electrons. The van der Waals surface area contributed by atoms with Gasteiger partial charge < -0.3 is 9.73 Å². The van der Waals surface area contributed by atoms with Crippen molar-refractivity contribution in [3.63, 3.8) is 0 Å². The molecule has 0 fully saturated rings. The first-order valence-corrected chi connectivity index (χ1v) is 8.35. The molecule has 1 aromatic carbocycles. The van der Waals surface area contributed by atoms with Crippen molar-refractivity contribution in [2.45, 2.75) is 18.2 Å². The molecule has 0 saturated heterocycles. The van der Waals surface area contributed by atoms with Crippen molar-refractivity contribution in [2.75, 3.05) is 19.3 Å². The summed E-state index contributed by atoms with van der Waals surface area (Å²) in [6.07, 6.45) is 3.52. The lowest BCUT2D eigenvalue weighted by atomic mass is 10.2. The highest BCUT2D eigenvalue weighted by molar-refractivity contribution is 7.90. The molecule has 1 heterocycles. The van der Waals surface area contributed by atoms with Crippen molar-refractivity contribution < 1.29 is 12.8 Å². The van der Waals surface area contributed by atoms with Gasteiger partial charge in [0.05, 0.1) is 11.1 Å². The number of nitrogens with one attached hydrogen (secondary N) is 1. The lowest BCUT2D eigenvalue weighted by Gasteiger charge is -2.01. The Bertz CT molecular complexity index is 677. The zero-order valence-corrected chi connectivity index (χ0v) is 12.4. The van der Waals surface area contributed by atoms with Gasteiger partial charge in [0.15, 0.2) is 21.5 Å². The largest absolute Gasteiger partial charge is 0.441 e. The van der Waals surface area contributed by atoms with Crippen molar-refractivity contribution in [3.8, 4) is 11.3 Å². The third kappa shape index (κ3) is 3.68. The SMILES string of the molecule is CCNCCc1ncc(-c2cccc(S(C)(=O)=O)c2)o1. The summed E-state index contributed by atoms with van der Waals surface area (Å²) in [5.74, 6) is 1.23. The van der Waals surface area contributed by atoms with E-state index in [2.05, 4.69) is 10.3 Å². The van der Waals surface area contributed by atoms with Gasteiger partial charge in [0.25, 0.3) is 0 Å². The van der Waals surface area contributed by atoms with Gasteiger partial charge in [-0.25, -0.2) is 13.4 Å². The minimum atomic E-state index is -3.22. The maximum atomic E-state index is 11.5. The van der Waals surface area contributed by atoms with Crippen molar-refractivity contribution in [1.29, 1.82) is 0 Å². The Balaban J connectivity index is 2.20. The van der Waals surface area contributed by atoms with Gasteiger partial charge in [0.1, 0.15) is 0 Å². The summed E-state index contributed by atoms with van der Waals surface area (Å²) in [5.41, 5.74) is 0.718. The Hall–Kier alpha value is -1.66. The molecule has 2 rings (SSSR count). The second-order valence-electron chi connectivity index (χ2n) is 4.52. The average Bonchev–Trinajstić information content (AvgIpc) is 2.87. The normalized spacial score (nSPS) is 11.7. The fourth-order valence-corrected chi connectivity index (χ4v) is 2.48. The molecule has 2 aromatic rings. The van der Waals surface area contributed by atoms with Gasteiger partial charge >= 0.3 is 0 Å². The minimum Gasteiger partial charge on any atom is -0.441 e. The van der Waals surface area contributed by atoms with Gasteiger partial charge in [0, 0.05) is 24.8 Å². The number of sulfone groups is 1. The van der Waals surface area contributed by atoms with E-state index in [0.717, 1.165) is 18.7 Å². The predicted octanol–water partition coefficient (Wildman–Crippen LogP) is 1.90. The molecule has 1 N–H and O–H groups in total. The van der Waals surface area contributed by atoms with Gasteiger partial charge in [-0.3, -0.25) is 0 Å². The van der Waals surface area contributed by atoms with E-state index in [-0.39, 0.29) is 4.90 Å². The van der Waals surface area contributed by atoms with Crippen LogP contribution in [0.2, 0.25) is 0 Å². The zero-order valence-electron chi connectivity index (χ0n) is 11.6. The maximum absolute atomic E-state index is 11.5. The molecule has 0 aliphatic rings. The van der Waals surface area contributed by atoms with E-state index >= 15 is 0 Å². The number of hydrogen-bond acceptors (Lipinski definition) is 5. The molecule has 0 unspecified atom stereocenters. The molecule has 0 aliphatic carbocycles. The average molecular weight is 294 g/mol. The molecule has 0 amide bonds. The van der Waals surface area contributed by atoms with Crippen molar-refractivity contribution >= 4 is 9.84 Å². The topological polar surface area (TPSA) is 72.2 Å². The molecule has 108 valence electrons. The van der Waals surface area contributed by atoms with Crippen LogP contribution in [0.4, 0.5) is 0 Å². The second kappa shape index (κ2) is 6.19. The van der Waals surface area contributed by atoms with E-state index in [1.165, 1.54) is 6.26 Å². The molecule has 1 aromatic heterocycles. The van der Waals surface area contributed by atoms with Crippen molar-refractivity contribution in [3.05, 3.63) is 36.4 Å². The van der Waals surface area contributed by atoms with Gasteiger partial charge in [0.2, 0.25) is 0 Å². The van der Waals surface area contributed by atoms with E-state index in [9.17, 15) is 8.42 Å². The summed E-state index contributed by atoms with van der Waals surface area (Å²) in [4.78, 5) is 4.48. The van der Waals surface area contributed by atoms with Crippen LogP contribution >= 0.6 is 0 Å². The first-order chi connectivity index (χ1) is 9.50. The van der Waals surface area contributed by atoms with Crippen LogP contribution in [-0.4, -0.2) is 32.7 Å². The smallest absolute Gasteiger partial charge is 0.196 e. The fraction of sp³-hybridized carbons (Fsp3) is 0.357. The number of nitrogens with zero attached hydrogens (tertiary/aromatic N) is 1. The first-order valence-electron chi connectivity index (χ1n) is 6.46. The zero-order chi connectivity index (χ0) is 14.6. The highest BCUT2D eigenvalue weighted by atomic mass is 32.2. The molecule has 6 heteroatoms. The quantitative estimate of drug-likeness (QED) is 0.824. The maximum Gasteiger partial charge on any atom is 0.196 e. The second-order valence-corrected chi connectivity index (χ2v) is 6.54. The summed E-state index contributed by atoms with van der Waals surface area (Å²) in [7, 11) is -3.22. The summed E-state index contributed by atoms with van der Waals surface area (Å²) >= 11 is 0. The molecule has 20 heavy (non-hydrogen) atoms. The van der Waals surface area contributed by atoms with Crippen LogP contribution in [0.3, 0.4) is 0 Å². The van der Waals surface area contributed by atoms with Crippen LogP contribution < -0.4 is 5.32 Å². The van der Waals surface area contributed by atoms with Crippen LogP contribution in [-0.2, 0) is 16.3 Å². The van der Waals surface area contributed by atoms with Crippen LogP contribution in [0.5, 0.6) is 0 Å². The predicted molar refractivity (Wildman–Crippen MR) is 77.3 cm³/mol. The number of aromatic nitrogens is 1. The van der Waals surface area contributed by atoms with E-state index in [0.29, 0.717) is 18.1 Å². The lowest BCUT2D eigenvalue weighted by molar-refractivity contribution is 0.497. The third-order valence-corrected chi connectivity index (χ3v) is 3.98. The van der Waals surface area contributed by atoms with E-state index in [1.807, 2.05) is 13.0 Å². The lowest BCUT2D eigenvalue weighted by Crippen LogP contribution is -2.16. The Kier molecular flexibility index (Phi) is 4.57. The molecule has 0 atom stereocenters. The Morgan fingerprint density at radius 2 is 2.15 bits per heavy atom. The summed E-state index contributed by atoms with van der Waals surface area (Å²) < 4.78 is 28.7. The van der Waals surface area contributed by atoms with E-state index in [1.54, 1.807) is 24.4 Å². The molecular formula is C14H18N2O3S. The first kappa shape index (κ1) is 14.7. The van der Waals surface area contributed by atoms with Crippen molar-refractivity contribution in [2.24, 2.45) is 0 Å². The van der Waals surface area contributed by atoms with Crippen LogP contribution in [0, 0.1) is 0 Å². The van der Waals surface area contributed by atoms with Gasteiger partial charge in [-0.15, -0.1) is 0 Å². The van der Waals surface area contributed by atoms with Crippen LogP contribution in [0.1, 0.15) is 12.8 Å². The molecule has 0 bridgehead atoms. The molecule has 0 saturated carbocycles. The number of benzene rings is 1. The summed E-state index contributed by atoms with van der Waals surface area (Å²) in [6.45, 7) is 3.75. The standard InChI is InChI=1S/C14H18N2O3S/c1-3-15-8-7-14-16-10-13(19-14)11-5-4-6-12(9-11)20(2,17)18/h4-6,9-10,15H,3,7-8H2,1-2H3. The van der Waals surface area contributed by atoms with Gasteiger partial charge in [-0.1, -0.05) is 19.1 Å². The molecule has 0 aliphatic heterocycles. The highest BCUT2D eigenvalue weighted by Gasteiger charge is 2.11. The molecular weight excluding hydrogens is 276 g/mol. The van der Waals surface area contributed by atoms with Crippen LogP contribution in [0.25, 0.3) is 11.3 Å². The van der Waals surface area contributed by atoms with Gasteiger partial charge in [-0.05, 0) is 18.7 Å². The highest BCUT2D eigenvalue weighted by Crippen LogP contribution is 2.23. The Morgan fingerprint density at radius 1 is 1.35 bits per heavy atom. The van der Waals surface area contributed by atoms with E-state index in [4.69, 9.17) is 4.42 Å². The third-order valence-electron chi connectivity index (χ3n) is 2.87. The number of oxazole rings is 1. The molecule has 0 spiro atoms.